The summed E-state index contributed by atoms with van der Waals surface area (Å²) in [5, 5.41) is 8.07. The van der Waals surface area contributed by atoms with E-state index in [2.05, 4.69) is 4.98 Å². The topological polar surface area (TPSA) is 87.1 Å². The van der Waals surface area contributed by atoms with Crippen LogP contribution < -0.4 is 4.74 Å². The van der Waals surface area contributed by atoms with Gasteiger partial charge in [-0.25, -0.2) is 4.39 Å². The van der Waals surface area contributed by atoms with Gasteiger partial charge in [0.15, 0.2) is 0 Å². The molecule has 1 N–H and O–H groups in total. The highest BCUT2D eigenvalue weighted by molar-refractivity contribution is 7.55. The predicted molar refractivity (Wildman–Crippen MR) is 93.8 cm³/mol. The summed E-state index contributed by atoms with van der Waals surface area (Å²) in [6.45, 7) is 9.46. The molecule has 2 rings (SSSR count). The zero-order valence-electron chi connectivity index (χ0n) is 16.0. The van der Waals surface area contributed by atoms with Gasteiger partial charge in [0.05, 0.1) is 25.5 Å². The lowest BCUT2D eigenvalue weighted by atomic mass is 9.99. The van der Waals surface area contributed by atoms with E-state index in [1.165, 1.54) is 6.20 Å². The maximum absolute atomic E-state index is 15.5. The van der Waals surface area contributed by atoms with Crippen LogP contribution in [0.15, 0.2) is 6.20 Å². The molecule has 1 aromatic heterocycles. The molecule has 26 heavy (non-hydrogen) atoms. The molecule has 0 spiro atoms. The molecule has 2 atom stereocenters. The van der Waals surface area contributed by atoms with E-state index >= 15 is 4.39 Å². The Bertz CT molecular complexity index is 699. The Kier molecular flexibility index (Phi) is 6.15. The summed E-state index contributed by atoms with van der Waals surface area (Å²) in [5.41, 5.74) is 1.18. The molecule has 0 bridgehead atoms. The lowest BCUT2D eigenvalue weighted by Crippen LogP contribution is -2.37. The van der Waals surface area contributed by atoms with Crippen LogP contribution in [0.4, 0.5) is 4.39 Å². The Labute approximate surface area is 153 Å². The number of aliphatic hydroxyl groups excluding tert-OH is 1. The number of alkyl halides is 1. The van der Waals surface area contributed by atoms with Crippen molar-refractivity contribution in [3.63, 3.8) is 0 Å². The largest absolute Gasteiger partial charge is 0.461 e. The lowest BCUT2D eigenvalue weighted by molar-refractivity contribution is -0.181. The van der Waals surface area contributed by atoms with Crippen molar-refractivity contribution in [2.45, 2.75) is 65.5 Å². The van der Waals surface area contributed by atoms with Gasteiger partial charge in [-0.15, -0.1) is 0 Å². The highest BCUT2D eigenvalue weighted by Gasteiger charge is 2.55. The molecule has 1 aliphatic rings. The van der Waals surface area contributed by atoms with E-state index in [0.717, 1.165) is 6.92 Å². The van der Waals surface area contributed by atoms with Crippen molar-refractivity contribution in [2.75, 3.05) is 13.2 Å². The molecule has 0 saturated carbocycles. The number of hydrogen-bond donors (Lipinski definition) is 1. The quantitative estimate of drug-likeness (QED) is 0.703. The van der Waals surface area contributed by atoms with Crippen molar-refractivity contribution < 1.29 is 32.6 Å². The maximum atomic E-state index is 15.5. The number of pyridine rings is 1. The molecule has 0 aromatic carbocycles. The molecule has 0 fully saturated rings. The first-order chi connectivity index (χ1) is 12.0. The summed E-state index contributed by atoms with van der Waals surface area (Å²) in [5.74, 6) is -0.440. The smallest absolute Gasteiger partial charge is 0.370 e. The Morgan fingerprint density at radius 3 is 2.54 bits per heavy atom. The summed E-state index contributed by atoms with van der Waals surface area (Å²) in [7, 11) is -4.24. The average Bonchev–Trinajstić information content (AvgIpc) is 2.55. The van der Waals surface area contributed by atoms with E-state index in [9.17, 15) is 9.67 Å². The van der Waals surface area contributed by atoms with Gasteiger partial charge in [0.25, 0.3) is 0 Å². The number of fused-ring (bicyclic) bond motifs is 1. The van der Waals surface area contributed by atoms with Gasteiger partial charge in [0.1, 0.15) is 11.9 Å². The normalized spacial score (nSPS) is 20.0. The monoisotopic (exact) mass is 391 g/mol. The Hall–Kier alpha value is -1.05. The van der Waals surface area contributed by atoms with Crippen LogP contribution >= 0.6 is 7.60 Å². The molecule has 148 valence electrons. The third-order valence-electron chi connectivity index (χ3n) is 4.19. The molecule has 0 amide bonds. The zero-order chi connectivity index (χ0) is 19.8. The van der Waals surface area contributed by atoms with E-state index in [4.69, 9.17) is 18.5 Å². The van der Waals surface area contributed by atoms with Crippen molar-refractivity contribution in [3.8, 4) is 5.75 Å². The van der Waals surface area contributed by atoms with Crippen molar-refractivity contribution in [1.82, 2.24) is 4.98 Å². The van der Waals surface area contributed by atoms with Crippen LogP contribution in [0.25, 0.3) is 0 Å². The number of halogens is 1. The molecule has 2 heterocycles. The minimum Gasteiger partial charge on any atom is -0.461 e. The van der Waals surface area contributed by atoms with Crippen molar-refractivity contribution in [3.05, 3.63) is 23.0 Å². The van der Waals surface area contributed by atoms with Crippen LogP contribution in [-0.2, 0) is 25.0 Å². The van der Waals surface area contributed by atoms with Crippen molar-refractivity contribution in [1.29, 1.82) is 0 Å². The van der Waals surface area contributed by atoms with Crippen LogP contribution in [0.1, 0.15) is 57.5 Å². The van der Waals surface area contributed by atoms with E-state index in [0.29, 0.717) is 17.0 Å². The molecule has 1 aromatic rings. The third kappa shape index (κ3) is 3.80. The molecular weight excluding hydrogens is 364 g/mol. The predicted octanol–water partition coefficient (Wildman–Crippen LogP) is 4.02. The summed E-state index contributed by atoms with van der Waals surface area (Å²) in [6, 6.07) is 0. The van der Waals surface area contributed by atoms with Gasteiger partial charge in [-0.3, -0.25) is 9.55 Å². The van der Waals surface area contributed by atoms with Crippen LogP contribution in [-0.4, -0.2) is 34.5 Å². The number of aliphatic hydroxyl groups is 1. The second kappa shape index (κ2) is 7.52. The Balaban J connectivity index is 2.50. The van der Waals surface area contributed by atoms with Gasteiger partial charge in [0.2, 0.25) is 11.2 Å². The van der Waals surface area contributed by atoms with E-state index in [1.54, 1.807) is 34.6 Å². The second-order valence-corrected chi connectivity index (χ2v) is 9.04. The lowest BCUT2D eigenvalue weighted by Gasteiger charge is -2.37. The summed E-state index contributed by atoms with van der Waals surface area (Å²) >= 11 is 0. The van der Waals surface area contributed by atoms with Gasteiger partial charge in [-0.05, 0) is 27.7 Å². The SMILES string of the molecule is CCOP(=O)(OCC)C(C)(F)C(O)c1cnc(C)c2c1COC(C)(C)O2. The molecule has 9 heteroatoms. The number of hydrogen-bond acceptors (Lipinski definition) is 7. The molecule has 1 aliphatic heterocycles. The van der Waals surface area contributed by atoms with Gasteiger partial charge in [-0.2, -0.15) is 0 Å². The summed E-state index contributed by atoms with van der Waals surface area (Å²) in [4.78, 5) is 4.19. The zero-order valence-corrected chi connectivity index (χ0v) is 16.9. The summed E-state index contributed by atoms with van der Waals surface area (Å²) < 4.78 is 50.1. The van der Waals surface area contributed by atoms with Gasteiger partial charge in [0, 0.05) is 31.2 Å². The van der Waals surface area contributed by atoms with E-state index in [-0.39, 0.29) is 25.4 Å². The summed E-state index contributed by atoms with van der Waals surface area (Å²) in [6.07, 6.45) is -0.467. The first-order valence-electron chi connectivity index (χ1n) is 8.56. The molecular formula is C17H27FNO6P. The Morgan fingerprint density at radius 2 is 2.00 bits per heavy atom. The van der Waals surface area contributed by atoms with Gasteiger partial charge in [-0.1, -0.05) is 0 Å². The van der Waals surface area contributed by atoms with Crippen molar-refractivity contribution in [2.24, 2.45) is 0 Å². The third-order valence-corrected chi connectivity index (χ3v) is 6.70. The minimum absolute atomic E-state index is 0.0197. The molecule has 2 unspecified atom stereocenters. The minimum atomic E-state index is -4.24. The number of aryl methyl sites for hydroxylation is 1. The van der Waals surface area contributed by atoms with E-state index in [1.807, 2.05) is 0 Å². The first-order valence-corrected chi connectivity index (χ1v) is 10.1. The van der Waals surface area contributed by atoms with Gasteiger partial charge >= 0.3 is 7.60 Å². The van der Waals surface area contributed by atoms with Crippen LogP contribution in [0.3, 0.4) is 0 Å². The van der Waals surface area contributed by atoms with Crippen LogP contribution in [0.5, 0.6) is 5.75 Å². The number of ether oxygens (including phenoxy) is 2. The Morgan fingerprint density at radius 1 is 1.42 bits per heavy atom. The molecule has 7 nitrogen and oxygen atoms in total. The average molecular weight is 391 g/mol. The standard InChI is InChI=1S/C17H27FNO6P/c1-7-23-26(21,24-8-2)17(6,18)15(20)12-9-19-11(3)14-13(12)10-22-16(4,5)25-14/h9,15,20H,7-8,10H2,1-6H3. The van der Waals surface area contributed by atoms with Crippen LogP contribution in [0.2, 0.25) is 0 Å². The molecule has 0 radical (unpaired) electrons. The number of nitrogens with zero attached hydrogens (tertiary/aromatic N) is 1. The number of rotatable bonds is 7. The first kappa shape index (κ1) is 21.3. The van der Waals surface area contributed by atoms with Gasteiger partial charge < -0.3 is 23.6 Å². The fourth-order valence-corrected chi connectivity index (χ4v) is 4.45. The number of aromatic nitrogens is 1. The second-order valence-electron chi connectivity index (χ2n) is 6.66. The van der Waals surface area contributed by atoms with Crippen molar-refractivity contribution >= 4 is 7.60 Å². The van der Waals surface area contributed by atoms with E-state index < -0.39 is 24.9 Å². The molecule has 0 aliphatic carbocycles. The highest BCUT2D eigenvalue weighted by Crippen LogP contribution is 2.65. The van der Waals surface area contributed by atoms with Crippen LogP contribution in [0, 0.1) is 6.92 Å². The fourth-order valence-electron chi connectivity index (χ4n) is 2.76. The maximum Gasteiger partial charge on any atom is 0.370 e. The highest BCUT2D eigenvalue weighted by atomic mass is 31.2. The molecule has 0 saturated heterocycles. The fraction of sp³-hybridized carbons (Fsp3) is 0.706.